The third-order valence-corrected chi connectivity index (χ3v) is 4.47. The van der Waals surface area contributed by atoms with Gasteiger partial charge in [-0.2, -0.15) is 0 Å². The fraction of sp³-hybridized carbons (Fsp3) is 0.650. The van der Waals surface area contributed by atoms with Crippen molar-refractivity contribution in [1.29, 1.82) is 0 Å². The Bertz CT molecular complexity index is 544. The molecule has 0 saturated heterocycles. The van der Waals surface area contributed by atoms with Gasteiger partial charge in [-0.3, -0.25) is 0 Å². The van der Waals surface area contributed by atoms with Gasteiger partial charge in [-0.1, -0.05) is 12.1 Å². The van der Waals surface area contributed by atoms with Crippen LogP contribution >= 0.6 is 0 Å². The number of rotatable bonds is 9. The fourth-order valence-electron chi connectivity index (χ4n) is 3.13. The number of unbranched alkanes of at least 4 members (excludes halogenated alkanes) is 1. The second kappa shape index (κ2) is 11.0. The van der Waals surface area contributed by atoms with Crippen LogP contribution in [-0.2, 0) is 17.7 Å². The first-order valence-corrected chi connectivity index (χ1v) is 9.67. The quantitative estimate of drug-likeness (QED) is 0.410. The monoisotopic (exact) mass is 346 g/mol. The highest BCUT2D eigenvalue weighted by Gasteiger charge is 2.13. The molecule has 0 aliphatic carbocycles. The number of fused-ring (bicyclic) bond motifs is 1. The van der Waals surface area contributed by atoms with Crippen LogP contribution in [0, 0.1) is 0 Å². The second-order valence-electron chi connectivity index (χ2n) is 6.51. The fourth-order valence-corrected chi connectivity index (χ4v) is 3.13. The molecule has 5 nitrogen and oxygen atoms in total. The van der Waals surface area contributed by atoms with Gasteiger partial charge in [0.1, 0.15) is 0 Å². The molecule has 140 valence electrons. The topological polar surface area (TPSA) is 48.9 Å². The van der Waals surface area contributed by atoms with Gasteiger partial charge in [-0.05, 0) is 56.7 Å². The first-order chi connectivity index (χ1) is 12.2. The smallest absolute Gasteiger partial charge is 0.191 e. The van der Waals surface area contributed by atoms with Gasteiger partial charge in [0, 0.05) is 45.6 Å². The third-order valence-electron chi connectivity index (χ3n) is 4.47. The standard InChI is InChI=1S/C20H34N4O/c1-4-21-20(22-12-6-7-14-25-5-2)23-16-17-10-11-19-18(15-17)9-8-13-24(19)3/h10-11,15H,4-9,12-14,16H2,1-3H3,(H2,21,22,23). The minimum atomic E-state index is 0.714. The Labute approximate surface area is 152 Å². The molecule has 0 saturated carbocycles. The van der Waals surface area contributed by atoms with E-state index in [0.717, 1.165) is 51.6 Å². The van der Waals surface area contributed by atoms with E-state index in [0.29, 0.717) is 6.54 Å². The van der Waals surface area contributed by atoms with E-state index in [2.05, 4.69) is 47.7 Å². The lowest BCUT2D eigenvalue weighted by Crippen LogP contribution is -2.37. The van der Waals surface area contributed by atoms with Crippen LogP contribution in [0.5, 0.6) is 0 Å². The van der Waals surface area contributed by atoms with E-state index in [1.807, 2.05) is 6.92 Å². The highest BCUT2D eigenvalue weighted by molar-refractivity contribution is 5.79. The molecule has 25 heavy (non-hydrogen) atoms. The summed E-state index contributed by atoms with van der Waals surface area (Å²) >= 11 is 0. The van der Waals surface area contributed by atoms with Gasteiger partial charge in [-0.25, -0.2) is 4.99 Å². The highest BCUT2D eigenvalue weighted by atomic mass is 16.5. The van der Waals surface area contributed by atoms with E-state index in [4.69, 9.17) is 9.73 Å². The van der Waals surface area contributed by atoms with Gasteiger partial charge in [-0.15, -0.1) is 0 Å². The van der Waals surface area contributed by atoms with Crippen LogP contribution in [0.1, 0.15) is 44.2 Å². The summed E-state index contributed by atoms with van der Waals surface area (Å²) in [5.41, 5.74) is 4.11. The number of ether oxygens (including phenoxy) is 1. The number of aryl methyl sites for hydroxylation is 1. The lowest BCUT2D eigenvalue weighted by molar-refractivity contribution is 0.143. The first-order valence-electron chi connectivity index (χ1n) is 9.67. The van der Waals surface area contributed by atoms with Crippen LogP contribution < -0.4 is 15.5 Å². The Morgan fingerprint density at radius 2 is 2.12 bits per heavy atom. The maximum atomic E-state index is 5.37. The van der Waals surface area contributed by atoms with E-state index in [1.54, 1.807) is 0 Å². The zero-order valence-corrected chi connectivity index (χ0v) is 16.1. The van der Waals surface area contributed by atoms with Crippen LogP contribution in [-0.4, -0.2) is 45.9 Å². The lowest BCUT2D eigenvalue weighted by Gasteiger charge is -2.27. The van der Waals surface area contributed by atoms with Gasteiger partial charge in [0.2, 0.25) is 0 Å². The summed E-state index contributed by atoms with van der Waals surface area (Å²) in [6, 6.07) is 6.77. The molecule has 1 aromatic carbocycles. The van der Waals surface area contributed by atoms with Crippen LogP contribution in [0.4, 0.5) is 5.69 Å². The molecule has 0 amide bonds. The predicted molar refractivity (Wildman–Crippen MR) is 107 cm³/mol. The van der Waals surface area contributed by atoms with Gasteiger partial charge < -0.3 is 20.3 Å². The maximum Gasteiger partial charge on any atom is 0.191 e. The number of guanidine groups is 1. The molecule has 0 fully saturated rings. The van der Waals surface area contributed by atoms with Crippen molar-refractivity contribution in [2.45, 2.75) is 46.1 Å². The summed E-state index contributed by atoms with van der Waals surface area (Å²) < 4.78 is 5.37. The molecule has 1 heterocycles. The van der Waals surface area contributed by atoms with Crippen LogP contribution in [0.15, 0.2) is 23.2 Å². The van der Waals surface area contributed by atoms with E-state index in [1.165, 1.54) is 29.7 Å². The van der Waals surface area contributed by atoms with Crippen molar-refractivity contribution in [2.75, 3.05) is 44.8 Å². The van der Waals surface area contributed by atoms with Gasteiger partial charge in [0.25, 0.3) is 0 Å². The highest BCUT2D eigenvalue weighted by Crippen LogP contribution is 2.26. The zero-order valence-electron chi connectivity index (χ0n) is 16.1. The predicted octanol–water partition coefficient (Wildman–Crippen LogP) is 2.94. The van der Waals surface area contributed by atoms with Crippen molar-refractivity contribution in [2.24, 2.45) is 4.99 Å². The molecule has 1 aliphatic heterocycles. The van der Waals surface area contributed by atoms with Crippen molar-refractivity contribution >= 4 is 11.6 Å². The van der Waals surface area contributed by atoms with Crippen molar-refractivity contribution < 1.29 is 4.74 Å². The molecule has 1 aliphatic rings. The molecule has 5 heteroatoms. The van der Waals surface area contributed by atoms with Crippen molar-refractivity contribution in [3.8, 4) is 0 Å². The number of aliphatic imine (C=N–C) groups is 1. The average molecular weight is 347 g/mol. The van der Waals surface area contributed by atoms with E-state index >= 15 is 0 Å². The minimum Gasteiger partial charge on any atom is -0.382 e. The van der Waals surface area contributed by atoms with E-state index in [9.17, 15) is 0 Å². The summed E-state index contributed by atoms with van der Waals surface area (Å²) in [6.07, 6.45) is 4.59. The molecule has 0 unspecified atom stereocenters. The summed E-state index contributed by atoms with van der Waals surface area (Å²) in [7, 11) is 2.18. The molecule has 2 N–H and O–H groups in total. The normalized spacial score (nSPS) is 14.4. The molecule has 0 atom stereocenters. The molecule has 0 aromatic heterocycles. The zero-order chi connectivity index (χ0) is 17.9. The molecular formula is C20H34N4O. The van der Waals surface area contributed by atoms with Gasteiger partial charge >= 0.3 is 0 Å². The Kier molecular flexibility index (Phi) is 8.60. The SMILES string of the molecule is CCNC(=NCc1ccc2c(c1)CCCN2C)NCCCCOCC. The molecule has 0 bridgehead atoms. The summed E-state index contributed by atoms with van der Waals surface area (Å²) in [5, 5.41) is 6.74. The maximum absolute atomic E-state index is 5.37. The minimum absolute atomic E-state index is 0.714. The largest absolute Gasteiger partial charge is 0.382 e. The molecule has 2 rings (SSSR count). The second-order valence-corrected chi connectivity index (χ2v) is 6.51. The first kappa shape index (κ1) is 19.6. The molecule has 1 aromatic rings. The van der Waals surface area contributed by atoms with E-state index in [-0.39, 0.29) is 0 Å². The Morgan fingerprint density at radius 1 is 1.24 bits per heavy atom. The average Bonchev–Trinajstić information content (AvgIpc) is 2.62. The van der Waals surface area contributed by atoms with Crippen LogP contribution in [0.25, 0.3) is 0 Å². The lowest BCUT2D eigenvalue weighted by atomic mass is 10.00. The van der Waals surface area contributed by atoms with Crippen LogP contribution in [0.3, 0.4) is 0 Å². The van der Waals surface area contributed by atoms with Crippen molar-refractivity contribution in [3.05, 3.63) is 29.3 Å². The summed E-state index contributed by atoms with van der Waals surface area (Å²) in [6.45, 7) is 9.44. The molecule has 0 radical (unpaired) electrons. The summed E-state index contributed by atoms with van der Waals surface area (Å²) in [4.78, 5) is 7.08. The van der Waals surface area contributed by atoms with Crippen LogP contribution in [0.2, 0.25) is 0 Å². The Hall–Kier alpha value is -1.75. The number of nitrogens with one attached hydrogen (secondary N) is 2. The molecular weight excluding hydrogens is 312 g/mol. The van der Waals surface area contributed by atoms with Gasteiger partial charge in [0.05, 0.1) is 6.54 Å². The number of hydrogen-bond donors (Lipinski definition) is 2. The van der Waals surface area contributed by atoms with E-state index < -0.39 is 0 Å². The third kappa shape index (κ3) is 6.58. The van der Waals surface area contributed by atoms with Crippen molar-refractivity contribution in [1.82, 2.24) is 10.6 Å². The number of anilines is 1. The number of hydrogen-bond acceptors (Lipinski definition) is 3. The number of benzene rings is 1. The van der Waals surface area contributed by atoms with Crippen molar-refractivity contribution in [3.63, 3.8) is 0 Å². The summed E-state index contributed by atoms with van der Waals surface area (Å²) in [5.74, 6) is 0.897. The number of nitrogens with zero attached hydrogens (tertiary/aromatic N) is 2. The Morgan fingerprint density at radius 3 is 2.92 bits per heavy atom. The Balaban J connectivity index is 1.85. The van der Waals surface area contributed by atoms with Gasteiger partial charge in [0.15, 0.2) is 5.96 Å². The molecule has 0 spiro atoms.